The standard InChI is InChI=1S/C87H170O17P2/c1-77(2)63-55-47-39-32-26-20-15-11-9-10-12-17-23-29-35-43-51-59-67-84(89)97-73-82(103-86(91)69-61-53-44-36-30-24-18-14-13-16-21-27-33-40-48-56-64-78(3)4)75-101-105(93,94)99-71-81(88)72-100-106(95,96)102-76-83(74-98-85(90)68-60-52-46-38-42-50-58-66-80(7)8)104-87(92)70-62-54-45-37-31-25-19-22-28-34-41-49-57-65-79(5)6/h77-83,88H,9-76H2,1-8H3,(H,93,94)(H,95,96)/t81?,82-,83-/m1/s1. The lowest BCUT2D eigenvalue weighted by molar-refractivity contribution is -0.161. The predicted molar refractivity (Wildman–Crippen MR) is 437 cm³/mol. The second-order valence-electron chi connectivity index (χ2n) is 33.2. The van der Waals surface area contributed by atoms with Gasteiger partial charge in [-0.15, -0.1) is 0 Å². The third-order valence-electron chi connectivity index (χ3n) is 20.3. The summed E-state index contributed by atoms with van der Waals surface area (Å²) in [4.78, 5) is 73.2. The van der Waals surface area contributed by atoms with E-state index in [1.165, 1.54) is 250 Å². The van der Waals surface area contributed by atoms with Crippen LogP contribution in [0.15, 0.2) is 0 Å². The number of esters is 4. The van der Waals surface area contributed by atoms with Crippen molar-refractivity contribution in [1.29, 1.82) is 0 Å². The molecule has 0 radical (unpaired) electrons. The van der Waals surface area contributed by atoms with Gasteiger partial charge in [-0.1, -0.05) is 402 Å². The molecule has 0 fully saturated rings. The van der Waals surface area contributed by atoms with Crippen LogP contribution in [0.1, 0.15) is 453 Å². The van der Waals surface area contributed by atoms with E-state index in [1.807, 2.05) is 0 Å². The molecule has 0 heterocycles. The van der Waals surface area contributed by atoms with E-state index in [-0.39, 0.29) is 25.7 Å². The van der Waals surface area contributed by atoms with Crippen LogP contribution < -0.4 is 0 Å². The highest BCUT2D eigenvalue weighted by atomic mass is 31.2. The SMILES string of the molecule is CC(C)CCCCCCCCCCCCCCCCCCCCC(=O)OC[C@H](COP(=O)(O)OCC(O)COP(=O)(O)OC[C@@H](COC(=O)CCCCCCCCCC(C)C)OC(=O)CCCCCCCCCCCCCCCC(C)C)OC(=O)CCCCCCCCCCCCCCCCCCC(C)C. The topological polar surface area (TPSA) is 237 Å². The van der Waals surface area contributed by atoms with Gasteiger partial charge in [0, 0.05) is 25.7 Å². The molecule has 0 saturated heterocycles. The Morgan fingerprint density at radius 2 is 0.396 bits per heavy atom. The highest BCUT2D eigenvalue weighted by Crippen LogP contribution is 2.45. The number of ether oxygens (including phenoxy) is 4. The van der Waals surface area contributed by atoms with E-state index in [0.29, 0.717) is 31.6 Å². The Morgan fingerprint density at radius 1 is 0.236 bits per heavy atom. The molecule has 0 bridgehead atoms. The van der Waals surface area contributed by atoms with Crippen LogP contribution in [0.25, 0.3) is 0 Å². The Kier molecular flexibility index (Phi) is 74.3. The first-order valence-corrected chi connectivity index (χ1v) is 47.7. The molecule has 0 aromatic carbocycles. The summed E-state index contributed by atoms with van der Waals surface area (Å²) in [5, 5.41) is 10.7. The van der Waals surface area contributed by atoms with Gasteiger partial charge in [-0.05, 0) is 49.4 Å². The van der Waals surface area contributed by atoms with Crippen LogP contribution >= 0.6 is 15.6 Å². The van der Waals surface area contributed by atoms with Crippen LogP contribution in [0.4, 0.5) is 0 Å². The minimum absolute atomic E-state index is 0.106. The highest BCUT2D eigenvalue weighted by molar-refractivity contribution is 7.47. The van der Waals surface area contributed by atoms with Gasteiger partial charge in [0.2, 0.25) is 0 Å². The Labute approximate surface area is 651 Å². The second-order valence-corrected chi connectivity index (χ2v) is 36.1. The van der Waals surface area contributed by atoms with Crippen molar-refractivity contribution >= 4 is 39.5 Å². The summed E-state index contributed by atoms with van der Waals surface area (Å²) >= 11 is 0. The first-order valence-electron chi connectivity index (χ1n) is 44.7. The van der Waals surface area contributed by atoms with Crippen molar-refractivity contribution in [3.05, 3.63) is 0 Å². The molecule has 0 spiro atoms. The summed E-state index contributed by atoms with van der Waals surface area (Å²) in [7, 11) is -9.93. The van der Waals surface area contributed by atoms with Gasteiger partial charge in [-0.2, -0.15) is 0 Å². The van der Waals surface area contributed by atoms with Crippen molar-refractivity contribution in [2.24, 2.45) is 23.7 Å². The number of carbonyl (C=O) groups is 4. The van der Waals surface area contributed by atoms with Crippen LogP contribution in [0, 0.1) is 23.7 Å². The Morgan fingerprint density at radius 3 is 0.585 bits per heavy atom. The van der Waals surface area contributed by atoms with Gasteiger partial charge >= 0.3 is 39.5 Å². The molecule has 630 valence electrons. The van der Waals surface area contributed by atoms with E-state index < -0.39 is 97.5 Å². The summed E-state index contributed by atoms with van der Waals surface area (Å²) in [5.41, 5.74) is 0. The molecule has 3 unspecified atom stereocenters. The van der Waals surface area contributed by atoms with Gasteiger partial charge in [-0.25, -0.2) is 9.13 Å². The third kappa shape index (κ3) is 80.1. The van der Waals surface area contributed by atoms with Crippen LogP contribution in [0.5, 0.6) is 0 Å². The fourth-order valence-electron chi connectivity index (χ4n) is 13.5. The average Bonchev–Trinajstić information content (AvgIpc) is 0.914. The average molecular weight is 1550 g/mol. The van der Waals surface area contributed by atoms with Crippen molar-refractivity contribution in [3.63, 3.8) is 0 Å². The van der Waals surface area contributed by atoms with Crippen molar-refractivity contribution < 1.29 is 80.2 Å². The molecule has 0 saturated carbocycles. The molecule has 106 heavy (non-hydrogen) atoms. The van der Waals surface area contributed by atoms with Crippen LogP contribution in [0.3, 0.4) is 0 Å². The zero-order valence-corrected chi connectivity index (χ0v) is 71.9. The highest BCUT2D eigenvalue weighted by Gasteiger charge is 2.31. The first-order chi connectivity index (χ1) is 51.1. The number of phosphoric ester groups is 2. The Balaban J connectivity index is 5.22. The van der Waals surface area contributed by atoms with Gasteiger partial charge in [-0.3, -0.25) is 37.3 Å². The molecule has 0 aromatic heterocycles. The van der Waals surface area contributed by atoms with Gasteiger partial charge in [0.05, 0.1) is 26.4 Å². The molecule has 0 aliphatic rings. The normalized spacial score (nSPS) is 13.9. The largest absolute Gasteiger partial charge is 0.472 e. The number of carbonyl (C=O) groups excluding carboxylic acids is 4. The summed E-state index contributed by atoms with van der Waals surface area (Å²) in [6, 6.07) is 0. The summed E-state index contributed by atoms with van der Waals surface area (Å²) in [6.45, 7) is 14.3. The van der Waals surface area contributed by atoms with Crippen LogP contribution in [0.2, 0.25) is 0 Å². The van der Waals surface area contributed by atoms with Gasteiger partial charge in [0.1, 0.15) is 19.3 Å². The Bertz CT molecular complexity index is 2060. The number of unbranched alkanes of at least 4 members (excludes halogenated alkanes) is 50. The van der Waals surface area contributed by atoms with E-state index in [2.05, 4.69) is 55.4 Å². The number of aliphatic hydroxyl groups excluding tert-OH is 1. The number of rotatable bonds is 84. The van der Waals surface area contributed by atoms with Crippen molar-refractivity contribution in [2.45, 2.75) is 472 Å². The maximum absolute atomic E-state index is 13.2. The molecule has 0 aromatic rings. The molecule has 0 amide bonds. The zero-order valence-electron chi connectivity index (χ0n) is 70.1. The molecular weight excluding hydrogens is 1380 g/mol. The monoisotopic (exact) mass is 1550 g/mol. The summed E-state index contributed by atoms with van der Waals surface area (Å²) < 4.78 is 68.9. The van der Waals surface area contributed by atoms with Gasteiger partial charge in [0.25, 0.3) is 0 Å². The maximum atomic E-state index is 13.2. The molecule has 5 atom stereocenters. The molecule has 0 aliphatic carbocycles. The first kappa shape index (κ1) is 104. The predicted octanol–water partition coefficient (Wildman–Crippen LogP) is 26.3. The number of hydrogen-bond donors (Lipinski definition) is 3. The number of aliphatic hydroxyl groups is 1. The van der Waals surface area contributed by atoms with Gasteiger partial charge < -0.3 is 33.8 Å². The van der Waals surface area contributed by atoms with E-state index in [1.54, 1.807) is 0 Å². The van der Waals surface area contributed by atoms with Crippen molar-refractivity contribution in [2.75, 3.05) is 39.6 Å². The van der Waals surface area contributed by atoms with Gasteiger partial charge in [0.15, 0.2) is 12.2 Å². The third-order valence-corrected chi connectivity index (χ3v) is 22.2. The quantitative estimate of drug-likeness (QED) is 0.0222. The number of phosphoric acid groups is 2. The fourth-order valence-corrected chi connectivity index (χ4v) is 15.1. The van der Waals surface area contributed by atoms with Crippen molar-refractivity contribution in [1.82, 2.24) is 0 Å². The molecule has 0 aliphatic heterocycles. The zero-order chi connectivity index (χ0) is 78.1. The molecular formula is C87H170O17P2. The molecule has 17 nitrogen and oxygen atoms in total. The lowest BCUT2D eigenvalue weighted by Crippen LogP contribution is -2.30. The minimum atomic E-state index is -4.97. The summed E-state index contributed by atoms with van der Waals surface area (Å²) in [6.07, 6.45) is 65.4. The molecule has 19 heteroatoms. The van der Waals surface area contributed by atoms with E-state index in [4.69, 9.17) is 37.0 Å². The fraction of sp³-hybridized carbons (Fsp3) is 0.954. The summed E-state index contributed by atoms with van der Waals surface area (Å²) in [5.74, 6) is 1.02. The van der Waals surface area contributed by atoms with E-state index in [0.717, 1.165) is 114 Å². The lowest BCUT2D eigenvalue weighted by Gasteiger charge is -2.21. The Hall–Kier alpha value is -1.94. The van der Waals surface area contributed by atoms with E-state index >= 15 is 0 Å². The minimum Gasteiger partial charge on any atom is -0.462 e. The smallest absolute Gasteiger partial charge is 0.462 e. The number of hydrogen-bond acceptors (Lipinski definition) is 15. The van der Waals surface area contributed by atoms with Crippen LogP contribution in [-0.4, -0.2) is 96.7 Å². The molecule has 3 N–H and O–H groups in total. The van der Waals surface area contributed by atoms with E-state index in [9.17, 15) is 43.2 Å². The second kappa shape index (κ2) is 75.7. The van der Waals surface area contributed by atoms with Crippen molar-refractivity contribution in [3.8, 4) is 0 Å². The maximum Gasteiger partial charge on any atom is 0.472 e. The van der Waals surface area contributed by atoms with Crippen LogP contribution in [-0.2, 0) is 65.4 Å². The lowest BCUT2D eigenvalue weighted by atomic mass is 10.0. The molecule has 0 rings (SSSR count).